The van der Waals surface area contributed by atoms with E-state index in [9.17, 15) is 14.7 Å². The molecule has 44 heavy (non-hydrogen) atoms. The number of fused-ring (bicyclic) bond motifs is 1. The molecule has 236 valence electrons. The number of methoxy groups -OCH3 is 1. The van der Waals surface area contributed by atoms with E-state index < -0.39 is 12.0 Å². The lowest BCUT2D eigenvalue weighted by Crippen LogP contribution is -2.40. The summed E-state index contributed by atoms with van der Waals surface area (Å²) in [5.74, 6) is 0.732. The lowest BCUT2D eigenvalue weighted by atomic mass is 9.78. The summed E-state index contributed by atoms with van der Waals surface area (Å²) in [5.41, 5.74) is 2.81. The highest BCUT2D eigenvalue weighted by molar-refractivity contribution is 9.10. The normalized spacial score (nSPS) is 15.6. The molecule has 0 radical (unpaired) electrons. The highest BCUT2D eigenvalue weighted by Crippen LogP contribution is 2.42. The molecule has 2 aromatic carbocycles. The third kappa shape index (κ3) is 6.38. The average molecular weight is 686 g/mol. The Balaban J connectivity index is 2.04. The number of phenolic OH excluding ortho intramolecular Hbond substituents is 1. The second-order valence-electron chi connectivity index (χ2n) is 12.7. The highest BCUT2D eigenvalue weighted by atomic mass is 79.9. The molecule has 0 bridgehead atoms. The number of hydrogen-bond donors (Lipinski definition) is 1. The summed E-state index contributed by atoms with van der Waals surface area (Å²) in [6.45, 7) is 18.3. The van der Waals surface area contributed by atoms with Crippen LogP contribution in [-0.4, -0.2) is 36.0 Å². The number of phenols is 1. The number of rotatable bonds is 7. The predicted octanol–water partition coefficient (Wildman–Crippen LogP) is 6.27. The first-order valence-electron chi connectivity index (χ1n) is 14.6. The van der Waals surface area contributed by atoms with Crippen LogP contribution in [0.3, 0.4) is 0 Å². The number of thiazole rings is 1. The van der Waals surface area contributed by atoms with Gasteiger partial charge in [0.05, 0.1) is 42.2 Å². The molecule has 1 atom stereocenters. The minimum absolute atomic E-state index is 0.174. The van der Waals surface area contributed by atoms with E-state index in [4.69, 9.17) is 19.2 Å². The molecule has 1 aromatic heterocycles. The molecule has 0 spiro atoms. The van der Waals surface area contributed by atoms with Gasteiger partial charge in [0.15, 0.2) is 16.3 Å². The lowest BCUT2D eigenvalue weighted by molar-refractivity contribution is -0.139. The zero-order valence-corrected chi connectivity index (χ0v) is 29.4. The molecule has 4 rings (SSSR count). The Bertz CT molecular complexity index is 1790. The van der Waals surface area contributed by atoms with Crippen molar-refractivity contribution in [3.05, 3.63) is 81.9 Å². The van der Waals surface area contributed by atoms with Crippen molar-refractivity contribution in [2.24, 2.45) is 4.99 Å². The summed E-state index contributed by atoms with van der Waals surface area (Å²) in [4.78, 5) is 32.8. The van der Waals surface area contributed by atoms with Gasteiger partial charge in [-0.2, -0.15) is 0 Å². The van der Waals surface area contributed by atoms with E-state index in [1.54, 1.807) is 37.7 Å². The average Bonchev–Trinajstić information content (AvgIpc) is 3.22. The van der Waals surface area contributed by atoms with E-state index in [0.717, 1.165) is 16.7 Å². The van der Waals surface area contributed by atoms with E-state index in [1.165, 1.54) is 11.3 Å². The predicted molar refractivity (Wildman–Crippen MR) is 178 cm³/mol. The van der Waals surface area contributed by atoms with Crippen molar-refractivity contribution in [3.63, 3.8) is 0 Å². The monoisotopic (exact) mass is 684 g/mol. The standard InChI is InChI=1S/C34H41BrN2O6S/c1-11-42-25-17-23(35)20(16-24(25)41-10)28-27(31(40)43-12-2)18(3)36-32-37(28)30(39)26(44-32)15-19-13-21(33(4,5)6)29(38)22(14-19)34(7,8)9/h13-17,28,38H,11-12H2,1-10H3/b26-15+/t28-/m0/s1. The van der Waals surface area contributed by atoms with Crippen molar-refractivity contribution in [3.8, 4) is 17.2 Å². The SMILES string of the molecule is CCOC(=O)C1=C(C)N=c2s/c(=C/c3cc(C(C)(C)C)c(O)c(C(C)(C)C)c3)c(=O)n2[C@H]1c1cc(OC)c(OCC)cc1Br. The molecule has 1 aliphatic rings. The van der Waals surface area contributed by atoms with Crippen molar-refractivity contribution in [1.82, 2.24) is 4.57 Å². The number of hydrogen-bond acceptors (Lipinski definition) is 8. The van der Waals surface area contributed by atoms with E-state index in [2.05, 4.69) is 57.5 Å². The second kappa shape index (κ2) is 12.6. The Morgan fingerprint density at radius 3 is 2.18 bits per heavy atom. The Hall–Kier alpha value is -3.37. The molecule has 8 nitrogen and oxygen atoms in total. The van der Waals surface area contributed by atoms with Crippen molar-refractivity contribution < 1.29 is 24.1 Å². The van der Waals surface area contributed by atoms with E-state index in [0.29, 0.717) is 43.2 Å². The van der Waals surface area contributed by atoms with Gasteiger partial charge in [-0.1, -0.05) is 68.8 Å². The van der Waals surface area contributed by atoms with Crippen LogP contribution >= 0.6 is 27.3 Å². The number of allylic oxidation sites excluding steroid dienone is 1. The fourth-order valence-electron chi connectivity index (χ4n) is 5.31. The zero-order valence-electron chi connectivity index (χ0n) is 27.0. The summed E-state index contributed by atoms with van der Waals surface area (Å²) < 4.78 is 19.5. The Morgan fingerprint density at radius 2 is 1.66 bits per heavy atom. The maximum Gasteiger partial charge on any atom is 0.338 e. The van der Waals surface area contributed by atoms with E-state index in [-0.39, 0.29) is 34.3 Å². The molecule has 0 aliphatic carbocycles. The Kier molecular flexibility index (Phi) is 9.57. The van der Waals surface area contributed by atoms with Crippen LogP contribution in [0.1, 0.15) is 90.6 Å². The molecule has 3 aromatic rings. The van der Waals surface area contributed by atoms with Crippen LogP contribution in [0.4, 0.5) is 0 Å². The van der Waals surface area contributed by atoms with Crippen LogP contribution in [0.5, 0.6) is 17.2 Å². The summed E-state index contributed by atoms with van der Waals surface area (Å²) in [6, 6.07) is 6.60. The largest absolute Gasteiger partial charge is 0.507 e. The van der Waals surface area contributed by atoms with Crippen LogP contribution in [0.15, 0.2) is 49.8 Å². The van der Waals surface area contributed by atoms with Gasteiger partial charge in [-0.05, 0) is 73.1 Å². The van der Waals surface area contributed by atoms with Gasteiger partial charge in [0.1, 0.15) is 5.75 Å². The zero-order chi connectivity index (χ0) is 32.7. The number of nitrogens with zero attached hydrogens (tertiary/aromatic N) is 2. The quantitative estimate of drug-likeness (QED) is 0.295. The maximum absolute atomic E-state index is 14.3. The molecule has 2 heterocycles. The van der Waals surface area contributed by atoms with Crippen LogP contribution in [-0.2, 0) is 20.4 Å². The van der Waals surface area contributed by atoms with Crippen molar-refractivity contribution >= 4 is 39.3 Å². The molecule has 10 heteroatoms. The summed E-state index contributed by atoms with van der Waals surface area (Å²) >= 11 is 4.92. The highest BCUT2D eigenvalue weighted by Gasteiger charge is 2.35. The first kappa shape index (κ1) is 33.5. The lowest BCUT2D eigenvalue weighted by Gasteiger charge is -2.27. The van der Waals surface area contributed by atoms with Gasteiger partial charge in [-0.15, -0.1) is 0 Å². The molecular formula is C34H41BrN2O6S. The van der Waals surface area contributed by atoms with Gasteiger partial charge >= 0.3 is 5.97 Å². The fourth-order valence-corrected chi connectivity index (χ4v) is 6.89. The molecule has 1 aliphatic heterocycles. The van der Waals surface area contributed by atoms with Crippen LogP contribution in [0, 0.1) is 0 Å². The first-order chi connectivity index (χ1) is 20.5. The van der Waals surface area contributed by atoms with Gasteiger partial charge in [0.2, 0.25) is 0 Å². The van der Waals surface area contributed by atoms with Crippen LogP contribution < -0.4 is 24.4 Å². The van der Waals surface area contributed by atoms with Crippen molar-refractivity contribution in [1.29, 1.82) is 0 Å². The summed E-state index contributed by atoms with van der Waals surface area (Å²) in [5, 5.41) is 11.2. The van der Waals surface area contributed by atoms with Gasteiger partial charge in [0.25, 0.3) is 5.56 Å². The first-order valence-corrected chi connectivity index (χ1v) is 16.2. The van der Waals surface area contributed by atoms with Gasteiger partial charge < -0.3 is 19.3 Å². The van der Waals surface area contributed by atoms with Crippen molar-refractivity contribution in [2.75, 3.05) is 20.3 Å². The summed E-state index contributed by atoms with van der Waals surface area (Å²) in [7, 11) is 1.55. The Labute approximate surface area is 270 Å². The molecule has 0 fully saturated rings. The van der Waals surface area contributed by atoms with Gasteiger partial charge in [-0.25, -0.2) is 9.79 Å². The van der Waals surface area contributed by atoms with E-state index >= 15 is 0 Å². The molecule has 1 N–H and O–H groups in total. The molecule has 0 saturated carbocycles. The smallest absolute Gasteiger partial charge is 0.338 e. The minimum atomic E-state index is -0.832. The number of aromatic nitrogens is 1. The third-order valence-electron chi connectivity index (χ3n) is 7.44. The van der Waals surface area contributed by atoms with Gasteiger partial charge in [-0.3, -0.25) is 9.36 Å². The molecule has 0 unspecified atom stereocenters. The topological polar surface area (TPSA) is 99.4 Å². The number of aromatic hydroxyl groups is 1. The third-order valence-corrected chi connectivity index (χ3v) is 9.11. The minimum Gasteiger partial charge on any atom is -0.507 e. The second-order valence-corrected chi connectivity index (χ2v) is 14.6. The number of carbonyl (C=O) groups excluding carboxylic acids is 1. The van der Waals surface area contributed by atoms with Crippen LogP contribution in [0.25, 0.3) is 6.08 Å². The fraction of sp³-hybridized carbons (Fsp3) is 0.441. The number of benzene rings is 2. The number of esters is 1. The Morgan fingerprint density at radius 1 is 1.05 bits per heavy atom. The number of carbonyl (C=O) groups is 1. The number of ether oxygens (including phenoxy) is 3. The molecular weight excluding hydrogens is 644 g/mol. The maximum atomic E-state index is 14.3. The number of halogens is 1. The van der Waals surface area contributed by atoms with E-state index in [1.807, 2.05) is 25.1 Å². The van der Waals surface area contributed by atoms with Crippen molar-refractivity contribution in [2.45, 2.75) is 79.2 Å². The van der Waals surface area contributed by atoms with Gasteiger partial charge in [0, 0.05) is 15.6 Å². The molecule has 0 saturated heterocycles. The molecule has 0 amide bonds. The summed E-state index contributed by atoms with van der Waals surface area (Å²) in [6.07, 6.45) is 1.84. The van der Waals surface area contributed by atoms with Crippen LogP contribution in [0.2, 0.25) is 0 Å².